The molecule has 2 aromatic carbocycles. The molecule has 6 rings (SSSR count). The van der Waals surface area contributed by atoms with Crippen molar-refractivity contribution < 1.29 is 23.4 Å². The molecule has 2 aromatic heterocycles. The van der Waals surface area contributed by atoms with Crippen molar-refractivity contribution in [1.29, 1.82) is 0 Å². The Balaban J connectivity index is 1.18. The number of nitrogens with one attached hydrogen (secondary N) is 2. The highest BCUT2D eigenvalue weighted by molar-refractivity contribution is 6.32. The predicted molar refractivity (Wildman–Crippen MR) is 154 cm³/mol. The first kappa shape index (κ1) is 28.3. The Hall–Kier alpha value is -3.80. The molecule has 2 aliphatic heterocycles. The lowest BCUT2D eigenvalue weighted by Gasteiger charge is -2.34. The first-order valence-electron chi connectivity index (χ1n) is 13.9. The van der Waals surface area contributed by atoms with Crippen LogP contribution in [0.25, 0.3) is 22.4 Å². The van der Waals surface area contributed by atoms with Crippen molar-refractivity contribution in [3.05, 3.63) is 80.2 Å². The van der Waals surface area contributed by atoms with E-state index in [1.807, 2.05) is 11.0 Å². The number of nitrogens with zero attached hydrogens (tertiary/aromatic N) is 3. The lowest BCUT2D eigenvalue weighted by atomic mass is 10.0. The molecule has 0 aliphatic carbocycles. The number of carbonyl (C=O) groups is 1. The van der Waals surface area contributed by atoms with Crippen LogP contribution < -0.4 is 10.3 Å². The number of likely N-dealkylation sites (tertiary alicyclic amines) is 1. The van der Waals surface area contributed by atoms with Crippen molar-refractivity contribution in [3.63, 3.8) is 0 Å². The number of aliphatic hydroxyl groups excluding tert-OH is 1. The van der Waals surface area contributed by atoms with Gasteiger partial charge in [-0.2, -0.15) is 0 Å². The van der Waals surface area contributed by atoms with Crippen LogP contribution in [0.15, 0.2) is 41.3 Å². The first-order chi connectivity index (χ1) is 20.2. The molecule has 0 radical (unpaired) electrons. The predicted octanol–water partition coefficient (Wildman–Crippen LogP) is 4.27. The van der Waals surface area contributed by atoms with Gasteiger partial charge in [-0.25, -0.2) is 13.8 Å². The Bertz CT molecular complexity index is 1720. The summed E-state index contributed by atoms with van der Waals surface area (Å²) in [6, 6.07) is 7.28. The smallest absolute Gasteiger partial charge is 0.259 e. The Morgan fingerprint density at radius 1 is 1.19 bits per heavy atom. The number of piperidine rings is 1. The van der Waals surface area contributed by atoms with Gasteiger partial charge in [0.2, 0.25) is 0 Å². The fourth-order valence-corrected chi connectivity index (χ4v) is 5.94. The number of aromatic amines is 2. The van der Waals surface area contributed by atoms with Gasteiger partial charge in [0.05, 0.1) is 22.7 Å². The molecule has 0 unspecified atom stereocenters. The number of H-pyrrole nitrogens is 2. The molecule has 2 aliphatic rings. The van der Waals surface area contributed by atoms with Crippen LogP contribution in [0.1, 0.15) is 40.7 Å². The van der Waals surface area contributed by atoms with Gasteiger partial charge in [-0.3, -0.25) is 9.59 Å². The highest BCUT2D eigenvalue weighted by Crippen LogP contribution is 2.32. The Morgan fingerprint density at radius 2 is 1.98 bits per heavy atom. The number of hydrogen-bond donors (Lipinski definition) is 3. The van der Waals surface area contributed by atoms with Crippen molar-refractivity contribution in [2.75, 3.05) is 26.7 Å². The van der Waals surface area contributed by atoms with E-state index in [1.54, 1.807) is 12.1 Å². The maximum atomic E-state index is 13.7. The number of imidazole rings is 1. The van der Waals surface area contributed by atoms with Crippen molar-refractivity contribution in [2.24, 2.45) is 0 Å². The number of halogens is 3. The van der Waals surface area contributed by atoms with Gasteiger partial charge in [-0.05, 0) is 75.1 Å². The minimum absolute atomic E-state index is 0.0164. The lowest BCUT2D eigenvalue weighted by Crippen LogP contribution is -2.43. The van der Waals surface area contributed by atoms with Gasteiger partial charge in [0, 0.05) is 36.5 Å². The van der Waals surface area contributed by atoms with E-state index in [2.05, 4.69) is 26.9 Å². The van der Waals surface area contributed by atoms with E-state index in [0.717, 1.165) is 43.1 Å². The second-order valence-electron chi connectivity index (χ2n) is 11.0. The Kier molecular flexibility index (Phi) is 7.73. The molecule has 9 nitrogen and oxygen atoms in total. The standard InChI is InChI=1S/C30H30ClF2N5O4/c1-37-8-5-19(6-9-37)38-14-17-10-23-24(13-21(17)30(38)41)36-28(35-23)26-16(4-7-34-29(26)40)2-3-20(39)15-42-25-12-18(32)11-22(33)27(25)31/h4,7,10-13,19-20,39H,2-3,5-6,8-9,14-15H2,1H3,(H,34,40)(H,35,36)/t20-/m1/s1. The van der Waals surface area contributed by atoms with Crippen molar-refractivity contribution in [3.8, 4) is 17.1 Å². The third-order valence-corrected chi connectivity index (χ3v) is 8.46. The number of benzene rings is 2. The number of ether oxygens (including phenoxy) is 1. The SMILES string of the molecule is CN1CCC(N2Cc3cc4[nH]c(-c5c(CC[C@@H](O)COc6cc(F)cc(F)c6Cl)cc[nH]c5=O)nc4cc3C2=O)CC1. The van der Waals surface area contributed by atoms with Gasteiger partial charge in [-0.15, -0.1) is 0 Å². The lowest BCUT2D eigenvalue weighted by molar-refractivity contribution is 0.0617. The van der Waals surface area contributed by atoms with Crippen LogP contribution >= 0.6 is 11.6 Å². The summed E-state index contributed by atoms with van der Waals surface area (Å²) in [5, 5.41) is 10.1. The van der Waals surface area contributed by atoms with Crippen molar-refractivity contribution >= 4 is 28.5 Å². The zero-order chi connectivity index (χ0) is 29.5. The fraction of sp³-hybridized carbons (Fsp3) is 0.367. The second kappa shape index (κ2) is 11.5. The zero-order valence-electron chi connectivity index (χ0n) is 22.9. The average molecular weight is 598 g/mol. The van der Waals surface area contributed by atoms with E-state index in [9.17, 15) is 23.5 Å². The van der Waals surface area contributed by atoms with Crippen LogP contribution in [0.2, 0.25) is 5.02 Å². The van der Waals surface area contributed by atoms with Crippen molar-refractivity contribution in [1.82, 2.24) is 24.8 Å². The van der Waals surface area contributed by atoms with E-state index < -0.39 is 17.7 Å². The maximum Gasteiger partial charge on any atom is 0.259 e. The summed E-state index contributed by atoms with van der Waals surface area (Å²) in [4.78, 5) is 41.0. The topological polar surface area (TPSA) is 115 Å². The normalized spacial score (nSPS) is 16.8. The Morgan fingerprint density at radius 3 is 2.76 bits per heavy atom. The number of hydrogen-bond acceptors (Lipinski definition) is 6. The number of amides is 1. The van der Waals surface area contributed by atoms with Gasteiger partial charge >= 0.3 is 0 Å². The molecule has 42 heavy (non-hydrogen) atoms. The van der Waals surface area contributed by atoms with Crippen LogP contribution in [-0.4, -0.2) is 74.7 Å². The van der Waals surface area contributed by atoms with Gasteiger partial charge in [-0.1, -0.05) is 11.6 Å². The summed E-state index contributed by atoms with van der Waals surface area (Å²) in [6.07, 6.45) is 2.92. The summed E-state index contributed by atoms with van der Waals surface area (Å²) in [5.74, 6) is -1.62. The zero-order valence-corrected chi connectivity index (χ0v) is 23.7. The van der Waals surface area contributed by atoms with Crippen molar-refractivity contribution in [2.45, 2.75) is 44.4 Å². The summed E-state index contributed by atoms with van der Waals surface area (Å²) >= 11 is 5.83. The molecule has 1 atom stereocenters. The molecule has 220 valence electrons. The van der Waals surface area contributed by atoms with E-state index in [0.29, 0.717) is 47.1 Å². The largest absolute Gasteiger partial charge is 0.489 e. The van der Waals surface area contributed by atoms with E-state index in [-0.39, 0.29) is 41.3 Å². The monoisotopic (exact) mass is 597 g/mol. The number of aromatic nitrogens is 3. The van der Waals surface area contributed by atoms with E-state index in [1.165, 1.54) is 6.20 Å². The Labute approximate surface area is 245 Å². The quantitative estimate of drug-likeness (QED) is 0.261. The van der Waals surface area contributed by atoms with E-state index >= 15 is 0 Å². The minimum atomic E-state index is -1.00. The molecule has 12 heteroatoms. The highest BCUT2D eigenvalue weighted by atomic mass is 35.5. The van der Waals surface area contributed by atoms with Crippen LogP contribution in [-0.2, 0) is 13.0 Å². The van der Waals surface area contributed by atoms with Gasteiger partial charge in [0.15, 0.2) is 0 Å². The summed E-state index contributed by atoms with van der Waals surface area (Å²) < 4.78 is 32.5. The molecular weight excluding hydrogens is 568 g/mol. The summed E-state index contributed by atoms with van der Waals surface area (Å²) in [6.45, 7) is 2.24. The molecule has 4 heterocycles. The molecule has 0 spiro atoms. The molecular formula is C30H30ClF2N5O4. The van der Waals surface area contributed by atoms with Crippen LogP contribution in [0, 0.1) is 11.6 Å². The fourth-order valence-electron chi connectivity index (χ4n) is 5.78. The molecule has 1 amide bonds. The first-order valence-corrected chi connectivity index (χ1v) is 14.2. The summed E-state index contributed by atoms with van der Waals surface area (Å²) in [7, 11) is 2.09. The number of pyridine rings is 1. The van der Waals surface area contributed by atoms with Gasteiger partial charge < -0.3 is 29.6 Å². The molecule has 0 bridgehead atoms. The highest BCUT2D eigenvalue weighted by Gasteiger charge is 2.34. The molecule has 4 aromatic rings. The van der Waals surface area contributed by atoms with Gasteiger partial charge in [0.25, 0.3) is 11.5 Å². The number of aliphatic hydroxyl groups is 1. The number of aryl methyl sites for hydroxylation is 1. The number of carbonyl (C=O) groups excluding carboxylic acids is 1. The second-order valence-corrected chi connectivity index (χ2v) is 11.4. The molecule has 1 saturated heterocycles. The molecule has 3 N–H and O–H groups in total. The van der Waals surface area contributed by atoms with Crippen LogP contribution in [0.3, 0.4) is 0 Å². The minimum Gasteiger partial charge on any atom is -0.489 e. The third kappa shape index (κ3) is 5.51. The van der Waals surface area contributed by atoms with E-state index in [4.69, 9.17) is 16.3 Å². The molecule has 1 fully saturated rings. The average Bonchev–Trinajstić information content (AvgIpc) is 3.52. The number of fused-ring (bicyclic) bond motifs is 2. The summed E-state index contributed by atoms with van der Waals surface area (Å²) in [5.41, 5.74) is 3.51. The van der Waals surface area contributed by atoms with Crippen LogP contribution in [0.5, 0.6) is 5.75 Å². The maximum absolute atomic E-state index is 13.7. The van der Waals surface area contributed by atoms with Crippen LogP contribution in [0.4, 0.5) is 8.78 Å². The molecule has 0 saturated carbocycles. The third-order valence-electron chi connectivity index (χ3n) is 8.09. The van der Waals surface area contributed by atoms with Gasteiger partial charge in [0.1, 0.15) is 34.8 Å². The number of rotatable bonds is 8.